The number of fused-ring (bicyclic) bond motifs is 6. The Labute approximate surface area is 192 Å². The van der Waals surface area contributed by atoms with Crippen molar-refractivity contribution in [3.63, 3.8) is 0 Å². The van der Waals surface area contributed by atoms with Crippen LogP contribution in [0.25, 0.3) is 0 Å². The predicted molar refractivity (Wildman–Crippen MR) is 123 cm³/mol. The summed E-state index contributed by atoms with van der Waals surface area (Å²) in [6.07, 6.45) is 12.3. The summed E-state index contributed by atoms with van der Waals surface area (Å²) in [5, 5.41) is 11.7. The molecule has 4 aliphatic rings. The fraction of sp³-hybridized carbons (Fsp3) is 0.667. The number of aliphatic hydroxyl groups is 1. The number of carbonyl (C=O) groups is 1. The van der Waals surface area contributed by atoms with E-state index in [1.807, 2.05) is 13.1 Å². The van der Waals surface area contributed by atoms with Crippen LogP contribution in [-0.4, -0.2) is 52.3 Å². The van der Waals surface area contributed by atoms with Gasteiger partial charge in [0, 0.05) is 44.9 Å². The summed E-state index contributed by atoms with van der Waals surface area (Å²) >= 11 is 0. The maximum Gasteiger partial charge on any atom is 0.303 e. The Morgan fingerprint density at radius 2 is 2.09 bits per heavy atom. The smallest absolute Gasteiger partial charge is 0.303 e. The number of nitrogens with zero attached hydrogens (tertiary/aromatic N) is 2. The van der Waals surface area contributed by atoms with Gasteiger partial charge < -0.3 is 14.7 Å². The van der Waals surface area contributed by atoms with Crippen molar-refractivity contribution in [2.45, 2.75) is 70.5 Å². The molecule has 1 aromatic rings. The first kappa shape index (κ1) is 22.1. The highest BCUT2D eigenvalue weighted by Gasteiger charge is 2.53. The van der Waals surface area contributed by atoms with Gasteiger partial charge in [-0.15, -0.1) is 0 Å². The molecule has 1 saturated carbocycles. The molecule has 0 amide bonds. The van der Waals surface area contributed by atoms with Gasteiger partial charge in [-0.3, -0.25) is 9.78 Å². The first-order valence-electron chi connectivity index (χ1n) is 12.3. The van der Waals surface area contributed by atoms with Crippen LogP contribution in [0.5, 0.6) is 0 Å². The van der Waals surface area contributed by atoms with Crippen molar-refractivity contribution in [1.29, 1.82) is 0 Å². The van der Waals surface area contributed by atoms with E-state index in [0.717, 1.165) is 38.0 Å². The monoisotopic (exact) mass is 436 g/mol. The molecule has 2 bridgehead atoms. The number of rotatable bonds is 4. The molecule has 0 spiro atoms. The lowest BCUT2D eigenvalue weighted by atomic mass is 9.57. The molecule has 172 valence electrons. The Kier molecular flexibility index (Phi) is 5.69. The van der Waals surface area contributed by atoms with E-state index in [0.29, 0.717) is 23.7 Å². The molecule has 5 nitrogen and oxygen atoms in total. The summed E-state index contributed by atoms with van der Waals surface area (Å²) in [6, 6.07) is 2.22. The highest BCUT2D eigenvalue weighted by molar-refractivity contribution is 5.66. The molecule has 5 heteroatoms. The minimum atomic E-state index is -1.04. The molecule has 5 rings (SSSR count). The van der Waals surface area contributed by atoms with E-state index in [1.165, 1.54) is 24.5 Å². The van der Waals surface area contributed by atoms with Gasteiger partial charge >= 0.3 is 5.97 Å². The average molecular weight is 437 g/mol. The molecule has 1 saturated heterocycles. The number of aromatic nitrogens is 1. The van der Waals surface area contributed by atoms with Gasteiger partial charge in [-0.2, -0.15) is 0 Å². The van der Waals surface area contributed by atoms with E-state index in [1.54, 1.807) is 0 Å². The van der Waals surface area contributed by atoms with Crippen molar-refractivity contribution >= 4 is 5.97 Å². The van der Waals surface area contributed by atoms with E-state index in [2.05, 4.69) is 48.5 Å². The third kappa shape index (κ3) is 3.71. The van der Waals surface area contributed by atoms with Crippen LogP contribution in [0.1, 0.15) is 69.9 Å². The molecule has 2 fully saturated rings. The number of hydrogen-bond acceptors (Lipinski definition) is 5. The number of esters is 1. The first-order valence-corrected chi connectivity index (χ1v) is 12.3. The van der Waals surface area contributed by atoms with Gasteiger partial charge in [0.05, 0.1) is 12.0 Å². The Hall–Kier alpha value is -1.72. The Morgan fingerprint density at radius 3 is 2.84 bits per heavy atom. The highest BCUT2D eigenvalue weighted by Crippen LogP contribution is 2.51. The van der Waals surface area contributed by atoms with Crippen molar-refractivity contribution < 1.29 is 14.6 Å². The summed E-state index contributed by atoms with van der Waals surface area (Å²) in [5.41, 5.74) is 2.91. The molecule has 1 N–H and O–H groups in total. The lowest BCUT2D eigenvalue weighted by Gasteiger charge is -2.53. The molecule has 3 aliphatic carbocycles. The van der Waals surface area contributed by atoms with E-state index >= 15 is 0 Å². The van der Waals surface area contributed by atoms with Gasteiger partial charge in [0.15, 0.2) is 0 Å². The number of likely N-dealkylation sites (tertiary alicyclic amines) is 1. The van der Waals surface area contributed by atoms with Crippen LogP contribution in [0.3, 0.4) is 0 Å². The largest absolute Gasteiger partial charge is 0.457 e. The van der Waals surface area contributed by atoms with Crippen LogP contribution >= 0.6 is 0 Å². The number of pyridine rings is 1. The number of hydrogen-bond donors (Lipinski definition) is 1. The summed E-state index contributed by atoms with van der Waals surface area (Å²) in [5.74, 6) is 1.89. The van der Waals surface area contributed by atoms with Crippen LogP contribution in [0, 0.1) is 30.1 Å². The van der Waals surface area contributed by atoms with Crippen molar-refractivity contribution in [3.8, 4) is 0 Å². The lowest BCUT2D eigenvalue weighted by molar-refractivity contribution is -0.148. The van der Waals surface area contributed by atoms with Gasteiger partial charge in [0.25, 0.3) is 0 Å². The Balaban J connectivity index is 1.32. The molecular formula is C27H36N2O3. The average Bonchev–Trinajstić information content (AvgIpc) is 3.00. The minimum Gasteiger partial charge on any atom is -0.457 e. The summed E-state index contributed by atoms with van der Waals surface area (Å²) in [7, 11) is 0. The van der Waals surface area contributed by atoms with Crippen molar-refractivity contribution in [3.05, 3.63) is 47.7 Å². The van der Waals surface area contributed by atoms with Crippen molar-refractivity contribution in [1.82, 2.24) is 9.88 Å². The lowest BCUT2D eigenvalue weighted by Crippen LogP contribution is -2.56. The SMILES string of the molecule is CC(=O)O[C@@H]1[C][C@@]2(O)[C@H](C)CC[C@@H]([C@H](C)CN3CC4CC(C3)c3cnccc34)[C@H]2C=C1C. The molecule has 32 heavy (non-hydrogen) atoms. The van der Waals surface area contributed by atoms with Crippen LogP contribution in [-0.2, 0) is 9.53 Å². The summed E-state index contributed by atoms with van der Waals surface area (Å²) < 4.78 is 5.45. The fourth-order valence-electron chi connectivity index (χ4n) is 7.07. The van der Waals surface area contributed by atoms with Crippen LogP contribution in [0.4, 0.5) is 0 Å². The fourth-order valence-corrected chi connectivity index (χ4v) is 7.07. The number of carbonyl (C=O) groups excluding carboxylic acids is 1. The quantitative estimate of drug-likeness (QED) is 0.572. The highest BCUT2D eigenvalue weighted by atomic mass is 16.5. The van der Waals surface area contributed by atoms with E-state index in [-0.39, 0.29) is 17.8 Å². The molecule has 2 radical (unpaired) electrons. The molecule has 8 atom stereocenters. The second-order valence-electron chi connectivity index (χ2n) is 10.9. The normalized spacial score (nSPS) is 39.6. The van der Waals surface area contributed by atoms with Crippen LogP contribution in [0.2, 0.25) is 0 Å². The third-order valence-electron chi connectivity index (χ3n) is 8.73. The summed E-state index contributed by atoms with van der Waals surface area (Å²) in [4.78, 5) is 18.6. The maximum absolute atomic E-state index is 11.7. The van der Waals surface area contributed by atoms with Gasteiger partial charge in [0.2, 0.25) is 0 Å². The molecule has 1 aromatic heterocycles. The molecule has 0 aromatic carbocycles. The zero-order valence-electron chi connectivity index (χ0n) is 19.8. The van der Waals surface area contributed by atoms with Crippen LogP contribution in [0.15, 0.2) is 30.1 Å². The van der Waals surface area contributed by atoms with E-state index in [9.17, 15) is 9.90 Å². The molecular weight excluding hydrogens is 400 g/mol. The summed E-state index contributed by atoms with van der Waals surface area (Å²) in [6.45, 7) is 11.2. The number of ether oxygens (including phenoxy) is 1. The second kappa shape index (κ2) is 8.25. The Bertz CT molecular complexity index is 883. The standard InChI is InChI=1S/C27H36N2O3/c1-16-9-25-22(6-5-18(3)27(25,31)11-26(16)32-19(4)30)17(2)13-29-14-20-10-21(15-29)24-12-28-8-7-23(20)24/h7-9,12,17-18,20-22,25-26,31H,5-6,10,13-15H2,1-4H3/t17-,18-,20?,21?,22+,25-,26-,27-/m1/s1. The zero-order valence-corrected chi connectivity index (χ0v) is 19.8. The van der Waals surface area contributed by atoms with Crippen molar-refractivity contribution in [2.75, 3.05) is 19.6 Å². The molecule has 2 unspecified atom stereocenters. The third-order valence-corrected chi connectivity index (χ3v) is 8.73. The van der Waals surface area contributed by atoms with E-state index < -0.39 is 11.7 Å². The molecule has 1 aliphatic heterocycles. The predicted octanol–water partition coefficient (Wildman–Crippen LogP) is 3.97. The number of piperidine rings is 1. The Morgan fingerprint density at radius 1 is 1.34 bits per heavy atom. The first-order chi connectivity index (χ1) is 15.3. The second-order valence-corrected chi connectivity index (χ2v) is 10.9. The van der Waals surface area contributed by atoms with Crippen LogP contribution < -0.4 is 0 Å². The van der Waals surface area contributed by atoms with Gasteiger partial charge in [0.1, 0.15) is 6.10 Å². The van der Waals surface area contributed by atoms with Crippen molar-refractivity contribution in [2.24, 2.45) is 23.7 Å². The van der Waals surface area contributed by atoms with Gasteiger partial charge in [-0.05, 0) is 78.5 Å². The van der Waals surface area contributed by atoms with E-state index in [4.69, 9.17) is 4.74 Å². The topological polar surface area (TPSA) is 62.7 Å². The molecule has 2 heterocycles. The van der Waals surface area contributed by atoms with Gasteiger partial charge in [-0.25, -0.2) is 0 Å². The van der Waals surface area contributed by atoms with Gasteiger partial charge in [-0.1, -0.05) is 19.9 Å². The minimum absolute atomic E-state index is 0.0240. The maximum atomic E-state index is 11.7. The zero-order chi connectivity index (χ0) is 22.6.